The number of nitrogens with two attached hydrogens (primary N) is 2. The Morgan fingerprint density at radius 2 is 2.50 bits per heavy atom. The molecule has 16 heavy (non-hydrogen) atoms. The van der Waals surface area contributed by atoms with E-state index in [-0.39, 0.29) is 0 Å². The largest absolute Gasteiger partial charge is 0.383 e. The molecule has 2 rings (SSSR count). The predicted molar refractivity (Wildman–Crippen MR) is 68.9 cm³/mol. The quantitative estimate of drug-likeness (QED) is 0.537. The average molecular weight is 238 g/mol. The standard InChI is InChI=1S/C11H18N4S/c12-11-8(3-1-5-14-11)7-9(15-13)10-4-2-6-16-10/h1,3,5,9-10,15H,2,4,6-7,13H2,(H2,12,14). The van der Waals surface area contributed by atoms with Gasteiger partial charge in [-0.1, -0.05) is 6.07 Å². The molecule has 0 aromatic carbocycles. The van der Waals surface area contributed by atoms with Crippen LogP contribution in [0.5, 0.6) is 0 Å². The van der Waals surface area contributed by atoms with Gasteiger partial charge < -0.3 is 5.73 Å². The topological polar surface area (TPSA) is 77.0 Å². The third-order valence-electron chi connectivity index (χ3n) is 2.99. The van der Waals surface area contributed by atoms with Gasteiger partial charge in [-0.15, -0.1) is 0 Å². The number of aromatic nitrogens is 1. The lowest BCUT2D eigenvalue weighted by atomic mass is 10.0. The molecule has 0 spiro atoms. The van der Waals surface area contributed by atoms with Crippen molar-refractivity contribution in [3.05, 3.63) is 23.9 Å². The van der Waals surface area contributed by atoms with E-state index >= 15 is 0 Å². The van der Waals surface area contributed by atoms with Crippen LogP contribution in [0.3, 0.4) is 0 Å². The SMILES string of the molecule is NNC(Cc1cccnc1N)C1CCCS1. The second-order valence-electron chi connectivity index (χ2n) is 4.08. The van der Waals surface area contributed by atoms with Crippen LogP contribution in [-0.2, 0) is 6.42 Å². The minimum absolute atomic E-state index is 0.291. The Morgan fingerprint density at radius 1 is 1.62 bits per heavy atom. The maximum Gasteiger partial charge on any atom is 0.126 e. The maximum absolute atomic E-state index is 5.84. The first kappa shape index (κ1) is 11.7. The van der Waals surface area contributed by atoms with E-state index < -0.39 is 0 Å². The Labute approximate surface area is 100 Å². The predicted octanol–water partition coefficient (Wildman–Crippen LogP) is 0.934. The van der Waals surface area contributed by atoms with E-state index in [2.05, 4.69) is 10.4 Å². The molecule has 0 radical (unpaired) electrons. The molecule has 2 heterocycles. The van der Waals surface area contributed by atoms with Crippen molar-refractivity contribution in [2.45, 2.75) is 30.6 Å². The van der Waals surface area contributed by atoms with Crippen molar-refractivity contribution in [2.75, 3.05) is 11.5 Å². The van der Waals surface area contributed by atoms with Crippen LogP contribution in [0.1, 0.15) is 18.4 Å². The molecule has 1 saturated heterocycles. The summed E-state index contributed by atoms with van der Waals surface area (Å²) in [6, 6.07) is 4.23. The van der Waals surface area contributed by atoms with Crippen molar-refractivity contribution in [2.24, 2.45) is 5.84 Å². The summed E-state index contributed by atoms with van der Waals surface area (Å²) in [6.45, 7) is 0. The number of thioether (sulfide) groups is 1. The number of nitrogens with one attached hydrogen (secondary N) is 1. The lowest BCUT2D eigenvalue weighted by Crippen LogP contribution is -2.43. The molecular formula is C11H18N4S. The van der Waals surface area contributed by atoms with Crippen molar-refractivity contribution in [1.82, 2.24) is 10.4 Å². The molecule has 2 atom stereocenters. The number of nitrogens with zero attached hydrogens (tertiary/aromatic N) is 1. The summed E-state index contributed by atoms with van der Waals surface area (Å²) < 4.78 is 0. The van der Waals surface area contributed by atoms with Gasteiger partial charge in [-0.2, -0.15) is 11.8 Å². The van der Waals surface area contributed by atoms with E-state index in [4.69, 9.17) is 11.6 Å². The lowest BCUT2D eigenvalue weighted by molar-refractivity contribution is 0.496. The highest BCUT2D eigenvalue weighted by molar-refractivity contribution is 8.00. The number of pyridine rings is 1. The Bertz CT molecular complexity index is 339. The van der Waals surface area contributed by atoms with Gasteiger partial charge in [0.1, 0.15) is 5.82 Å². The van der Waals surface area contributed by atoms with Crippen LogP contribution in [0.2, 0.25) is 0 Å². The van der Waals surface area contributed by atoms with Crippen LogP contribution in [0.25, 0.3) is 0 Å². The van der Waals surface area contributed by atoms with Gasteiger partial charge in [0.05, 0.1) is 0 Å². The number of nitrogen functional groups attached to an aromatic ring is 1. The highest BCUT2D eigenvalue weighted by atomic mass is 32.2. The molecule has 0 amide bonds. The summed E-state index contributed by atoms with van der Waals surface area (Å²) in [5.74, 6) is 7.48. The number of hydrogen-bond acceptors (Lipinski definition) is 5. The van der Waals surface area contributed by atoms with Gasteiger partial charge in [-0.05, 0) is 36.6 Å². The normalized spacial score (nSPS) is 22.2. The molecule has 1 aromatic rings. The van der Waals surface area contributed by atoms with Crippen LogP contribution in [0, 0.1) is 0 Å². The van der Waals surface area contributed by atoms with Crippen molar-refractivity contribution in [3.8, 4) is 0 Å². The third kappa shape index (κ3) is 2.66. The molecule has 5 heteroatoms. The molecule has 5 N–H and O–H groups in total. The number of hydrogen-bond donors (Lipinski definition) is 3. The summed E-state index contributed by atoms with van der Waals surface area (Å²) in [6.07, 6.45) is 5.09. The molecular weight excluding hydrogens is 220 g/mol. The van der Waals surface area contributed by atoms with Gasteiger partial charge in [0.25, 0.3) is 0 Å². The number of rotatable bonds is 4. The fraction of sp³-hybridized carbons (Fsp3) is 0.545. The molecule has 4 nitrogen and oxygen atoms in total. The van der Waals surface area contributed by atoms with E-state index in [0.717, 1.165) is 12.0 Å². The fourth-order valence-electron chi connectivity index (χ4n) is 2.08. The van der Waals surface area contributed by atoms with Gasteiger partial charge in [0.2, 0.25) is 0 Å². The van der Waals surface area contributed by atoms with Gasteiger partial charge in [0.15, 0.2) is 0 Å². The summed E-state index contributed by atoms with van der Waals surface area (Å²) in [4.78, 5) is 4.10. The Hall–Kier alpha value is -0.780. The van der Waals surface area contributed by atoms with Crippen LogP contribution >= 0.6 is 11.8 Å². The van der Waals surface area contributed by atoms with E-state index in [0.29, 0.717) is 17.1 Å². The summed E-state index contributed by atoms with van der Waals surface area (Å²) in [7, 11) is 0. The molecule has 0 saturated carbocycles. The Morgan fingerprint density at radius 3 is 3.12 bits per heavy atom. The molecule has 1 aliphatic rings. The number of hydrazine groups is 1. The molecule has 88 valence electrons. The van der Waals surface area contributed by atoms with Crippen molar-refractivity contribution in [1.29, 1.82) is 0 Å². The van der Waals surface area contributed by atoms with Crippen LogP contribution < -0.4 is 17.0 Å². The van der Waals surface area contributed by atoms with E-state index in [1.54, 1.807) is 6.20 Å². The van der Waals surface area contributed by atoms with E-state index in [1.807, 2.05) is 23.9 Å². The zero-order valence-corrected chi connectivity index (χ0v) is 10.0. The molecule has 0 aliphatic carbocycles. The second kappa shape index (κ2) is 5.52. The first-order chi connectivity index (χ1) is 7.81. The first-order valence-corrected chi connectivity index (χ1v) is 6.63. The third-order valence-corrected chi connectivity index (χ3v) is 4.51. The zero-order chi connectivity index (χ0) is 11.4. The van der Waals surface area contributed by atoms with E-state index in [1.165, 1.54) is 18.6 Å². The molecule has 0 bridgehead atoms. The fourth-order valence-corrected chi connectivity index (χ4v) is 3.45. The smallest absolute Gasteiger partial charge is 0.126 e. The van der Waals surface area contributed by atoms with Gasteiger partial charge in [0, 0.05) is 17.5 Å². The summed E-state index contributed by atoms with van der Waals surface area (Å²) in [5.41, 5.74) is 9.83. The Balaban J connectivity index is 2.03. The minimum atomic E-state index is 0.291. The summed E-state index contributed by atoms with van der Waals surface area (Å²) in [5, 5.41) is 0.601. The second-order valence-corrected chi connectivity index (χ2v) is 5.42. The highest BCUT2D eigenvalue weighted by Gasteiger charge is 2.25. The summed E-state index contributed by atoms with van der Waals surface area (Å²) >= 11 is 2.00. The average Bonchev–Trinajstić information content (AvgIpc) is 2.81. The van der Waals surface area contributed by atoms with Gasteiger partial charge >= 0.3 is 0 Å². The number of anilines is 1. The molecule has 2 unspecified atom stereocenters. The van der Waals surface area contributed by atoms with Gasteiger partial charge in [-0.3, -0.25) is 11.3 Å². The lowest BCUT2D eigenvalue weighted by Gasteiger charge is -2.22. The van der Waals surface area contributed by atoms with Crippen molar-refractivity contribution in [3.63, 3.8) is 0 Å². The van der Waals surface area contributed by atoms with Crippen LogP contribution in [0.4, 0.5) is 5.82 Å². The molecule has 1 aliphatic heterocycles. The zero-order valence-electron chi connectivity index (χ0n) is 9.23. The highest BCUT2D eigenvalue weighted by Crippen LogP contribution is 2.30. The van der Waals surface area contributed by atoms with E-state index in [9.17, 15) is 0 Å². The van der Waals surface area contributed by atoms with Crippen LogP contribution in [-0.4, -0.2) is 22.0 Å². The minimum Gasteiger partial charge on any atom is -0.383 e. The molecule has 1 aromatic heterocycles. The van der Waals surface area contributed by atoms with Crippen molar-refractivity contribution >= 4 is 17.6 Å². The first-order valence-electron chi connectivity index (χ1n) is 5.58. The molecule has 1 fully saturated rings. The monoisotopic (exact) mass is 238 g/mol. The van der Waals surface area contributed by atoms with Crippen molar-refractivity contribution < 1.29 is 0 Å². The van der Waals surface area contributed by atoms with Gasteiger partial charge in [-0.25, -0.2) is 4.98 Å². The van der Waals surface area contributed by atoms with Crippen LogP contribution in [0.15, 0.2) is 18.3 Å². The Kier molecular flexibility index (Phi) is 4.04. The maximum atomic E-state index is 5.84.